The molecule has 0 bridgehead atoms. The summed E-state index contributed by atoms with van der Waals surface area (Å²) in [5, 5.41) is 1.41. The minimum absolute atomic E-state index is 0.00337. The number of thioether (sulfide) groups is 1. The molecule has 3 aromatic heterocycles. The van der Waals surface area contributed by atoms with E-state index in [0.717, 1.165) is 29.5 Å². The van der Waals surface area contributed by atoms with Crippen molar-refractivity contribution >= 4 is 39.3 Å². The number of esters is 1. The van der Waals surface area contributed by atoms with Crippen LogP contribution in [0, 0.1) is 0 Å². The molecular weight excluding hydrogens is 412 g/mol. The number of carbonyl (C=O) groups is 1. The molecule has 0 spiro atoms. The van der Waals surface area contributed by atoms with Crippen LogP contribution >= 0.6 is 23.1 Å². The summed E-state index contributed by atoms with van der Waals surface area (Å²) in [5.74, 6) is 0.720. The highest BCUT2D eigenvalue weighted by molar-refractivity contribution is 7.98. The first-order valence-corrected chi connectivity index (χ1v) is 11.3. The molecule has 9 heteroatoms. The van der Waals surface area contributed by atoms with E-state index in [4.69, 9.17) is 14.1 Å². The van der Waals surface area contributed by atoms with Crippen LogP contribution in [0.3, 0.4) is 0 Å². The van der Waals surface area contributed by atoms with E-state index in [0.29, 0.717) is 29.8 Å². The van der Waals surface area contributed by atoms with Gasteiger partial charge in [0, 0.05) is 12.0 Å². The maximum atomic E-state index is 13.3. The number of aryl methyl sites for hydroxylation is 2. The van der Waals surface area contributed by atoms with Crippen LogP contribution < -0.4 is 5.56 Å². The largest absolute Gasteiger partial charge is 0.463 e. The van der Waals surface area contributed by atoms with Crippen molar-refractivity contribution in [2.45, 2.75) is 43.1 Å². The number of ether oxygens (including phenoxy) is 2. The maximum absolute atomic E-state index is 13.3. The lowest BCUT2D eigenvalue weighted by Crippen LogP contribution is -2.25. The smallest absolute Gasteiger partial charge is 0.373 e. The zero-order valence-corrected chi connectivity index (χ0v) is 18.0. The predicted octanol–water partition coefficient (Wildman–Crippen LogP) is 3.66. The second kappa shape index (κ2) is 8.73. The summed E-state index contributed by atoms with van der Waals surface area (Å²) < 4.78 is 17.1. The van der Waals surface area contributed by atoms with Crippen molar-refractivity contribution < 1.29 is 18.7 Å². The number of hydrogen-bond donors (Lipinski definition) is 0. The fourth-order valence-electron chi connectivity index (χ4n) is 3.51. The summed E-state index contributed by atoms with van der Waals surface area (Å²) in [6.45, 7) is 0.872. The standard InChI is InChI=1S/C20H22N2O5S2/c1-25-10-9-22-18(23)16-13-5-3-4-6-15(13)29-17(16)21-20(22)28-11-12-7-8-14(27-12)19(24)26-2/h7-8H,3-6,9-11H2,1-2H3. The SMILES string of the molecule is COCCn1c(SCc2ccc(C(=O)OC)o2)nc2sc3c(c2c1=O)CCCC3. The van der Waals surface area contributed by atoms with Crippen molar-refractivity contribution in [1.82, 2.24) is 9.55 Å². The van der Waals surface area contributed by atoms with E-state index in [1.165, 1.54) is 35.7 Å². The monoisotopic (exact) mass is 434 g/mol. The fraction of sp³-hybridized carbons (Fsp3) is 0.450. The van der Waals surface area contributed by atoms with Crippen molar-refractivity contribution in [3.63, 3.8) is 0 Å². The van der Waals surface area contributed by atoms with Crippen LogP contribution in [0.2, 0.25) is 0 Å². The van der Waals surface area contributed by atoms with Crippen molar-refractivity contribution in [3.8, 4) is 0 Å². The molecule has 1 aliphatic rings. The van der Waals surface area contributed by atoms with Crippen LogP contribution in [0.15, 0.2) is 26.5 Å². The number of nitrogens with zero attached hydrogens (tertiary/aromatic N) is 2. The molecular formula is C20H22N2O5S2. The number of fused-ring (bicyclic) bond motifs is 3. The van der Waals surface area contributed by atoms with Gasteiger partial charge < -0.3 is 13.9 Å². The van der Waals surface area contributed by atoms with Gasteiger partial charge in [-0.3, -0.25) is 9.36 Å². The number of furan rings is 1. The summed E-state index contributed by atoms with van der Waals surface area (Å²) in [5.41, 5.74) is 1.19. The second-order valence-electron chi connectivity index (χ2n) is 6.78. The molecule has 7 nitrogen and oxygen atoms in total. The van der Waals surface area contributed by atoms with Crippen LogP contribution in [0.4, 0.5) is 0 Å². The molecule has 0 N–H and O–H groups in total. The van der Waals surface area contributed by atoms with Crippen LogP contribution in [0.1, 0.15) is 39.6 Å². The van der Waals surface area contributed by atoms with Gasteiger partial charge in [0.2, 0.25) is 5.76 Å². The Balaban J connectivity index is 1.67. The van der Waals surface area contributed by atoms with Gasteiger partial charge in [0.05, 0.1) is 31.4 Å². The third-order valence-corrected chi connectivity index (χ3v) is 7.14. The molecule has 0 fully saturated rings. The van der Waals surface area contributed by atoms with E-state index in [-0.39, 0.29) is 11.3 Å². The Bertz CT molecular complexity index is 1100. The Morgan fingerprint density at radius 3 is 2.93 bits per heavy atom. The molecule has 0 saturated carbocycles. The first-order valence-electron chi connectivity index (χ1n) is 9.46. The Hall–Kier alpha value is -2.10. The molecule has 4 rings (SSSR count). The molecule has 0 saturated heterocycles. The van der Waals surface area contributed by atoms with E-state index in [9.17, 15) is 9.59 Å². The lowest BCUT2D eigenvalue weighted by atomic mass is 9.97. The van der Waals surface area contributed by atoms with E-state index < -0.39 is 5.97 Å². The molecule has 0 atom stereocenters. The van der Waals surface area contributed by atoms with Crippen LogP contribution in [-0.2, 0) is 34.6 Å². The van der Waals surface area contributed by atoms with Crippen molar-refractivity contribution in [2.75, 3.05) is 20.8 Å². The van der Waals surface area contributed by atoms with Gasteiger partial charge in [-0.1, -0.05) is 11.8 Å². The van der Waals surface area contributed by atoms with Crippen molar-refractivity contribution in [3.05, 3.63) is 44.4 Å². The molecule has 3 aromatic rings. The lowest BCUT2D eigenvalue weighted by Gasteiger charge is -2.13. The zero-order chi connectivity index (χ0) is 20.4. The predicted molar refractivity (Wildman–Crippen MR) is 112 cm³/mol. The Labute approximate surface area is 176 Å². The highest BCUT2D eigenvalue weighted by Gasteiger charge is 2.22. The highest BCUT2D eigenvalue weighted by Crippen LogP contribution is 2.35. The molecule has 154 valence electrons. The number of methoxy groups -OCH3 is 2. The van der Waals surface area contributed by atoms with E-state index in [2.05, 4.69) is 4.74 Å². The number of thiophene rings is 1. The number of carbonyl (C=O) groups excluding carboxylic acids is 1. The lowest BCUT2D eigenvalue weighted by molar-refractivity contribution is 0.0563. The first-order chi connectivity index (χ1) is 14.1. The topological polar surface area (TPSA) is 83.6 Å². The normalized spacial score (nSPS) is 13.6. The minimum atomic E-state index is -0.512. The molecule has 1 aliphatic carbocycles. The summed E-state index contributed by atoms with van der Waals surface area (Å²) >= 11 is 3.05. The number of aromatic nitrogens is 2. The van der Waals surface area contributed by atoms with Gasteiger partial charge in [-0.15, -0.1) is 11.3 Å². The van der Waals surface area contributed by atoms with Crippen LogP contribution in [0.25, 0.3) is 10.2 Å². The quantitative estimate of drug-likeness (QED) is 0.319. The van der Waals surface area contributed by atoms with E-state index in [1.54, 1.807) is 35.1 Å². The summed E-state index contributed by atoms with van der Waals surface area (Å²) in [7, 11) is 2.93. The summed E-state index contributed by atoms with van der Waals surface area (Å²) in [6, 6.07) is 3.32. The van der Waals surface area contributed by atoms with Crippen molar-refractivity contribution in [1.29, 1.82) is 0 Å². The van der Waals surface area contributed by atoms with E-state index >= 15 is 0 Å². The molecule has 0 amide bonds. The molecule has 0 radical (unpaired) electrons. The molecule has 0 aromatic carbocycles. The van der Waals surface area contributed by atoms with Gasteiger partial charge in [-0.2, -0.15) is 0 Å². The van der Waals surface area contributed by atoms with Crippen LogP contribution in [0.5, 0.6) is 0 Å². The van der Waals surface area contributed by atoms with Gasteiger partial charge in [0.25, 0.3) is 5.56 Å². The van der Waals surface area contributed by atoms with Gasteiger partial charge >= 0.3 is 5.97 Å². The first kappa shape index (κ1) is 20.2. The molecule has 0 aliphatic heterocycles. The van der Waals surface area contributed by atoms with Crippen LogP contribution in [-0.4, -0.2) is 36.3 Å². The average molecular weight is 435 g/mol. The average Bonchev–Trinajstić information content (AvgIpc) is 3.35. The second-order valence-corrected chi connectivity index (χ2v) is 8.81. The molecule has 3 heterocycles. The summed E-state index contributed by atoms with van der Waals surface area (Å²) in [4.78, 5) is 31.8. The van der Waals surface area contributed by atoms with Gasteiger partial charge in [-0.05, 0) is 43.4 Å². The number of hydrogen-bond acceptors (Lipinski definition) is 8. The third-order valence-electron chi connectivity index (χ3n) is 4.95. The van der Waals surface area contributed by atoms with Gasteiger partial charge in [0.15, 0.2) is 5.16 Å². The minimum Gasteiger partial charge on any atom is -0.463 e. The van der Waals surface area contributed by atoms with Crippen molar-refractivity contribution in [2.24, 2.45) is 0 Å². The van der Waals surface area contributed by atoms with E-state index in [1.807, 2.05) is 0 Å². The van der Waals surface area contributed by atoms with Gasteiger partial charge in [-0.25, -0.2) is 9.78 Å². The molecule has 29 heavy (non-hydrogen) atoms. The Morgan fingerprint density at radius 1 is 1.31 bits per heavy atom. The Kier molecular flexibility index (Phi) is 6.07. The maximum Gasteiger partial charge on any atom is 0.373 e. The highest BCUT2D eigenvalue weighted by atomic mass is 32.2. The summed E-state index contributed by atoms with van der Waals surface area (Å²) in [6.07, 6.45) is 4.26. The van der Waals surface area contributed by atoms with Gasteiger partial charge in [0.1, 0.15) is 10.6 Å². The Morgan fingerprint density at radius 2 is 2.14 bits per heavy atom. The number of rotatable bonds is 7. The zero-order valence-electron chi connectivity index (χ0n) is 16.4. The third kappa shape index (κ3) is 3.99. The fourth-order valence-corrected chi connectivity index (χ4v) is 5.73. The molecule has 0 unspecified atom stereocenters.